The number of benzene rings is 1. The second kappa shape index (κ2) is 5.13. The highest BCUT2D eigenvalue weighted by atomic mass is 35.5. The zero-order valence-electron chi connectivity index (χ0n) is 8.83. The summed E-state index contributed by atoms with van der Waals surface area (Å²) in [6, 6.07) is 4.22. The van der Waals surface area contributed by atoms with Gasteiger partial charge in [-0.2, -0.15) is 0 Å². The molecular weight excluding hydrogens is 231 g/mol. The summed E-state index contributed by atoms with van der Waals surface area (Å²) in [4.78, 5) is 0. The van der Waals surface area contributed by atoms with Crippen LogP contribution in [0.25, 0.3) is 0 Å². The minimum Gasteiger partial charge on any atom is -0.390 e. The fraction of sp³-hybridized carbons (Fsp3) is 0.500. The van der Waals surface area contributed by atoms with Gasteiger partial charge in [-0.3, -0.25) is 0 Å². The highest BCUT2D eigenvalue weighted by Crippen LogP contribution is 2.23. The van der Waals surface area contributed by atoms with Crippen LogP contribution in [0.15, 0.2) is 18.2 Å². The van der Waals surface area contributed by atoms with Gasteiger partial charge >= 0.3 is 0 Å². The average Bonchev–Trinajstić information content (AvgIpc) is 2.75. The van der Waals surface area contributed by atoms with E-state index in [2.05, 4.69) is 0 Å². The van der Waals surface area contributed by atoms with E-state index in [4.69, 9.17) is 16.3 Å². The van der Waals surface area contributed by atoms with Crippen molar-refractivity contribution in [2.45, 2.75) is 31.5 Å². The van der Waals surface area contributed by atoms with Gasteiger partial charge in [0.05, 0.1) is 12.2 Å². The quantitative estimate of drug-likeness (QED) is 0.886. The Morgan fingerprint density at radius 2 is 2.38 bits per heavy atom. The molecule has 1 fully saturated rings. The molecule has 1 saturated heterocycles. The van der Waals surface area contributed by atoms with Crippen LogP contribution in [0.1, 0.15) is 18.4 Å². The second-order valence-corrected chi connectivity index (χ2v) is 4.47. The highest BCUT2D eigenvalue weighted by Gasteiger charge is 2.24. The lowest BCUT2D eigenvalue weighted by atomic mass is 10.0. The first-order valence-corrected chi connectivity index (χ1v) is 5.78. The van der Waals surface area contributed by atoms with Gasteiger partial charge in [0.2, 0.25) is 0 Å². The van der Waals surface area contributed by atoms with Gasteiger partial charge in [0.25, 0.3) is 0 Å². The van der Waals surface area contributed by atoms with Crippen molar-refractivity contribution in [3.63, 3.8) is 0 Å². The molecule has 1 aliphatic heterocycles. The number of rotatable bonds is 3. The van der Waals surface area contributed by atoms with Crippen LogP contribution in [0, 0.1) is 5.82 Å². The van der Waals surface area contributed by atoms with Crippen LogP contribution >= 0.6 is 11.6 Å². The summed E-state index contributed by atoms with van der Waals surface area (Å²) in [6.45, 7) is 0.707. The summed E-state index contributed by atoms with van der Waals surface area (Å²) in [5, 5.41) is 10.3. The Morgan fingerprint density at radius 1 is 1.56 bits per heavy atom. The highest BCUT2D eigenvalue weighted by molar-refractivity contribution is 6.31. The van der Waals surface area contributed by atoms with Crippen molar-refractivity contribution in [1.82, 2.24) is 0 Å². The molecule has 2 unspecified atom stereocenters. The molecule has 0 aliphatic carbocycles. The van der Waals surface area contributed by atoms with Gasteiger partial charge in [0.15, 0.2) is 0 Å². The third kappa shape index (κ3) is 2.73. The van der Waals surface area contributed by atoms with E-state index in [0.717, 1.165) is 18.4 Å². The lowest BCUT2D eigenvalue weighted by Crippen LogP contribution is -2.27. The van der Waals surface area contributed by atoms with Crippen molar-refractivity contribution < 1.29 is 14.2 Å². The lowest BCUT2D eigenvalue weighted by molar-refractivity contribution is -0.000768. The molecule has 2 rings (SSSR count). The molecule has 2 nitrogen and oxygen atoms in total. The van der Waals surface area contributed by atoms with Gasteiger partial charge in [-0.25, -0.2) is 4.39 Å². The molecule has 0 radical (unpaired) electrons. The molecule has 88 valence electrons. The first kappa shape index (κ1) is 11.8. The number of aliphatic hydroxyl groups excluding tert-OH is 1. The van der Waals surface area contributed by atoms with Crippen LogP contribution in [0.3, 0.4) is 0 Å². The maximum atomic E-state index is 12.8. The van der Waals surface area contributed by atoms with Crippen molar-refractivity contribution in [3.05, 3.63) is 34.6 Å². The SMILES string of the molecule is OC(Cc1ccc(F)cc1Cl)C1CCCO1. The number of halogens is 2. The van der Waals surface area contributed by atoms with Crippen molar-refractivity contribution in [2.75, 3.05) is 6.61 Å². The Labute approximate surface area is 99.0 Å². The molecule has 0 aromatic heterocycles. The molecule has 16 heavy (non-hydrogen) atoms. The van der Waals surface area contributed by atoms with E-state index >= 15 is 0 Å². The van der Waals surface area contributed by atoms with E-state index in [0.29, 0.717) is 18.1 Å². The average molecular weight is 245 g/mol. The van der Waals surface area contributed by atoms with Crippen molar-refractivity contribution >= 4 is 11.6 Å². The number of ether oxygens (including phenoxy) is 1. The summed E-state index contributed by atoms with van der Waals surface area (Å²) in [7, 11) is 0. The Kier molecular flexibility index (Phi) is 3.79. The minimum atomic E-state index is -0.564. The zero-order valence-corrected chi connectivity index (χ0v) is 9.58. The topological polar surface area (TPSA) is 29.5 Å². The molecule has 0 amide bonds. The van der Waals surface area contributed by atoms with Crippen molar-refractivity contribution in [1.29, 1.82) is 0 Å². The van der Waals surface area contributed by atoms with Crippen LogP contribution in [0.4, 0.5) is 4.39 Å². The Morgan fingerprint density at radius 3 is 3.00 bits per heavy atom. The van der Waals surface area contributed by atoms with Gasteiger partial charge in [-0.1, -0.05) is 17.7 Å². The van der Waals surface area contributed by atoms with Crippen LogP contribution in [-0.2, 0) is 11.2 Å². The molecule has 4 heteroatoms. The normalized spacial score (nSPS) is 22.3. The molecule has 1 aliphatic rings. The first-order valence-electron chi connectivity index (χ1n) is 5.40. The van der Waals surface area contributed by atoms with E-state index < -0.39 is 6.10 Å². The van der Waals surface area contributed by atoms with Crippen molar-refractivity contribution in [3.8, 4) is 0 Å². The maximum Gasteiger partial charge on any atom is 0.124 e. The van der Waals surface area contributed by atoms with Crippen LogP contribution < -0.4 is 0 Å². The van der Waals surface area contributed by atoms with E-state index in [1.807, 2.05) is 0 Å². The van der Waals surface area contributed by atoms with Gasteiger partial charge < -0.3 is 9.84 Å². The zero-order chi connectivity index (χ0) is 11.5. The molecule has 0 spiro atoms. The van der Waals surface area contributed by atoms with E-state index in [1.165, 1.54) is 12.1 Å². The Balaban J connectivity index is 2.02. The molecule has 2 atom stereocenters. The summed E-state index contributed by atoms with van der Waals surface area (Å²) in [5.41, 5.74) is 0.756. The number of hydrogen-bond acceptors (Lipinski definition) is 2. The summed E-state index contributed by atoms with van der Waals surface area (Å²) < 4.78 is 18.2. The lowest BCUT2D eigenvalue weighted by Gasteiger charge is -2.17. The van der Waals surface area contributed by atoms with Gasteiger partial charge in [-0.15, -0.1) is 0 Å². The molecule has 0 saturated carbocycles. The predicted molar refractivity (Wildman–Crippen MR) is 60.1 cm³/mol. The van der Waals surface area contributed by atoms with Gasteiger partial charge in [-0.05, 0) is 30.5 Å². The third-order valence-electron chi connectivity index (χ3n) is 2.84. The monoisotopic (exact) mass is 244 g/mol. The molecule has 1 heterocycles. The van der Waals surface area contributed by atoms with Gasteiger partial charge in [0.1, 0.15) is 5.82 Å². The smallest absolute Gasteiger partial charge is 0.124 e. The summed E-state index contributed by atoms with van der Waals surface area (Å²) >= 11 is 5.89. The summed E-state index contributed by atoms with van der Waals surface area (Å²) in [5.74, 6) is -0.361. The Hall–Kier alpha value is -0.640. The molecule has 0 bridgehead atoms. The molecule has 1 aromatic carbocycles. The summed E-state index contributed by atoms with van der Waals surface area (Å²) in [6.07, 6.45) is 1.59. The van der Waals surface area contributed by atoms with E-state index in [-0.39, 0.29) is 11.9 Å². The van der Waals surface area contributed by atoms with Crippen molar-refractivity contribution in [2.24, 2.45) is 0 Å². The molecular formula is C12H14ClFO2. The molecule has 1 aromatic rings. The van der Waals surface area contributed by atoms with Crippen LogP contribution in [-0.4, -0.2) is 23.9 Å². The van der Waals surface area contributed by atoms with E-state index in [9.17, 15) is 9.50 Å². The van der Waals surface area contributed by atoms with Crippen LogP contribution in [0.5, 0.6) is 0 Å². The van der Waals surface area contributed by atoms with Crippen LogP contribution in [0.2, 0.25) is 5.02 Å². The predicted octanol–water partition coefficient (Wildman–Crippen LogP) is 2.56. The van der Waals surface area contributed by atoms with E-state index in [1.54, 1.807) is 6.07 Å². The largest absolute Gasteiger partial charge is 0.390 e. The second-order valence-electron chi connectivity index (χ2n) is 4.06. The fourth-order valence-corrected chi connectivity index (χ4v) is 2.19. The first-order chi connectivity index (χ1) is 7.66. The number of hydrogen-bond donors (Lipinski definition) is 1. The fourth-order valence-electron chi connectivity index (χ4n) is 1.95. The third-order valence-corrected chi connectivity index (χ3v) is 3.19. The minimum absolute atomic E-state index is 0.110. The standard InChI is InChI=1S/C12H14ClFO2/c13-10-7-9(14)4-3-8(10)6-11(15)12-2-1-5-16-12/h3-4,7,11-12,15H,1-2,5-6H2. The maximum absolute atomic E-state index is 12.8. The van der Waals surface area contributed by atoms with Gasteiger partial charge in [0, 0.05) is 18.1 Å². The molecule has 1 N–H and O–H groups in total. The Bertz CT molecular complexity index is 364. The number of aliphatic hydroxyl groups is 1.